The summed E-state index contributed by atoms with van der Waals surface area (Å²) >= 11 is 0. The summed E-state index contributed by atoms with van der Waals surface area (Å²) in [5, 5.41) is 10.7. The largest absolute Gasteiger partial charge is 0.490 e. The maximum atomic E-state index is 10.7. The van der Waals surface area contributed by atoms with Crippen LogP contribution in [0.15, 0.2) is 35.2 Å². The van der Waals surface area contributed by atoms with Gasteiger partial charge in [-0.1, -0.05) is 0 Å². The molecule has 0 aliphatic heterocycles. The van der Waals surface area contributed by atoms with Gasteiger partial charge in [0.05, 0.1) is 18.2 Å². The molecule has 0 unspecified atom stereocenters. The number of oxazole rings is 1. The van der Waals surface area contributed by atoms with Gasteiger partial charge in [-0.05, 0) is 12.1 Å². The zero-order valence-corrected chi connectivity index (χ0v) is 8.41. The monoisotopic (exact) mass is 220 g/mol. The van der Waals surface area contributed by atoms with Gasteiger partial charge >= 0.3 is 5.69 Å². The number of ether oxygens (including phenoxy) is 1. The van der Waals surface area contributed by atoms with Crippen molar-refractivity contribution >= 4 is 5.69 Å². The Bertz CT molecular complexity index is 508. The topological polar surface area (TPSA) is 78.4 Å². The molecule has 0 radical (unpaired) electrons. The first kappa shape index (κ1) is 10.2. The van der Waals surface area contributed by atoms with Crippen molar-refractivity contribution in [2.45, 2.75) is 0 Å². The minimum absolute atomic E-state index is 0.0780. The molecule has 1 aromatic heterocycles. The van der Waals surface area contributed by atoms with Crippen LogP contribution in [0.4, 0.5) is 5.69 Å². The first-order valence-electron chi connectivity index (χ1n) is 4.43. The van der Waals surface area contributed by atoms with E-state index in [0.717, 1.165) is 0 Å². The molecule has 2 aromatic rings. The maximum absolute atomic E-state index is 10.7. The average molecular weight is 220 g/mol. The number of nitrogens with zero attached hydrogens (tertiary/aromatic N) is 2. The Hall–Kier alpha value is -2.37. The summed E-state index contributed by atoms with van der Waals surface area (Å²) in [7, 11) is 1.38. The Morgan fingerprint density at radius 1 is 1.50 bits per heavy atom. The van der Waals surface area contributed by atoms with Crippen LogP contribution in [0.3, 0.4) is 0 Å². The molecule has 0 spiro atoms. The van der Waals surface area contributed by atoms with Crippen molar-refractivity contribution in [3.05, 3.63) is 40.9 Å². The van der Waals surface area contributed by atoms with Crippen LogP contribution >= 0.6 is 0 Å². The fourth-order valence-electron chi connectivity index (χ4n) is 1.34. The zero-order valence-electron chi connectivity index (χ0n) is 8.41. The molecule has 1 heterocycles. The van der Waals surface area contributed by atoms with Crippen LogP contribution in [-0.4, -0.2) is 17.0 Å². The minimum Gasteiger partial charge on any atom is -0.490 e. The number of nitro benzene ring substituents is 1. The fraction of sp³-hybridized carbons (Fsp3) is 0.100. The highest BCUT2D eigenvalue weighted by atomic mass is 16.6. The lowest BCUT2D eigenvalue weighted by Gasteiger charge is -2.02. The highest BCUT2D eigenvalue weighted by Crippen LogP contribution is 2.31. The molecule has 6 heteroatoms. The second-order valence-electron chi connectivity index (χ2n) is 3.01. The summed E-state index contributed by atoms with van der Waals surface area (Å²) in [4.78, 5) is 13.9. The number of hydrogen-bond donors (Lipinski definition) is 0. The van der Waals surface area contributed by atoms with Gasteiger partial charge in [0.25, 0.3) is 0 Å². The van der Waals surface area contributed by atoms with Crippen LogP contribution in [0.5, 0.6) is 5.75 Å². The lowest BCUT2D eigenvalue weighted by molar-refractivity contribution is -0.385. The molecule has 0 atom stereocenters. The Labute approximate surface area is 90.6 Å². The second kappa shape index (κ2) is 4.01. The lowest BCUT2D eigenvalue weighted by atomic mass is 10.1. The van der Waals surface area contributed by atoms with E-state index in [0.29, 0.717) is 11.3 Å². The van der Waals surface area contributed by atoms with Crippen molar-refractivity contribution in [3.8, 4) is 17.1 Å². The van der Waals surface area contributed by atoms with E-state index in [1.165, 1.54) is 25.8 Å². The van der Waals surface area contributed by atoms with Gasteiger partial charge in [-0.25, -0.2) is 4.98 Å². The number of benzene rings is 1. The normalized spacial score (nSPS) is 10.1. The van der Waals surface area contributed by atoms with Gasteiger partial charge in [-0.3, -0.25) is 10.1 Å². The Kier molecular flexibility index (Phi) is 2.55. The smallest absolute Gasteiger partial charge is 0.310 e. The lowest BCUT2D eigenvalue weighted by Crippen LogP contribution is -1.93. The first-order chi connectivity index (χ1) is 7.72. The van der Waals surface area contributed by atoms with E-state index < -0.39 is 4.92 Å². The van der Waals surface area contributed by atoms with E-state index in [4.69, 9.17) is 9.15 Å². The summed E-state index contributed by atoms with van der Waals surface area (Å²) in [6.07, 6.45) is 2.82. The van der Waals surface area contributed by atoms with Gasteiger partial charge in [0, 0.05) is 11.6 Å². The number of aromatic nitrogens is 1. The molecule has 0 aliphatic rings. The molecule has 0 bridgehead atoms. The first-order valence-corrected chi connectivity index (χ1v) is 4.43. The fourth-order valence-corrected chi connectivity index (χ4v) is 1.34. The number of methoxy groups -OCH3 is 1. The van der Waals surface area contributed by atoms with Gasteiger partial charge in [-0.15, -0.1) is 0 Å². The summed E-state index contributed by atoms with van der Waals surface area (Å²) in [5.74, 6) is 0.729. The molecular weight excluding hydrogens is 212 g/mol. The molecule has 0 amide bonds. The highest BCUT2D eigenvalue weighted by molar-refractivity contribution is 5.63. The molecule has 0 aliphatic carbocycles. The maximum Gasteiger partial charge on any atom is 0.310 e. The van der Waals surface area contributed by atoms with E-state index >= 15 is 0 Å². The van der Waals surface area contributed by atoms with Crippen molar-refractivity contribution in [2.24, 2.45) is 0 Å². The molecule has 6 nitrogen and oxygen atoms in total. The van der Waals surface area contributed by atoms with Gasteiger partial charge in [0.15, 0.2) is 17.9 Å². The molecule has 82 valence electrons. The third kappa shape index (κ3) is 1.72. The van der Waals surface area contributed by atoms with Crippen LogP contribution in [-0.2, 0) is 0 Å². The van der Waals surface area contributed by atoms with E-state index in [1.54, 1.807) is 12.1 Å². The standard InChI is InChI=1S/C10H8N2O4/c1-15-9-4-7(10-5-11-6-16-10)2-3-8(9)12(13)14/h2-6H,1H3. The summed E-state index contributed by atoms with van der Waals surface area (Å²) in [6.45, 7) is 0. The van der Waals surface area contributed by atoms with Crippen molar-refractivity contribution in [3.63, 3.8) is 0 Å². The Morgan fingerprint density at radius 3 is 2.88 bits per heavy atom. The molecule has 0 N–H and O–H groups in total. The molecular formula is C10H8N2O4. The molecule has 0 fully saturated rings. The van der Waals surface area contributed by atoms with E-state index in [9.17, 15) is 10.1 Å². The third-order valence-electron chi connectivity index (χ3n) is 2.09. The van der Waals surface area contributed by atoms with Crippen LogP contribution in [0.1, 0.15) is 0 Å². The van der Waals surface area contributed by atoms with Crippen LogP contribution in [0.2, 0.25) is 0 Å². The van der Waals surface area contributed by atoms with Crippen molar-refractivity contribution in [1.29, 1.82) is 0 Å². The second-order valence-corrected chi connectivity index (χ2v) is 3.01. The number of rotatable bonds is 3. The van der Waals surface area contributed by atoms with Crippen LogP contribution in [0, 0.1) is 10.1 Å². The summed E-state index contributed by atoms with van der Waals surface area (Å²) in [6, 6.07) is 4.50. The summed E-state index contributed by atoms with van der Waals surface area (Å²) < 4.78 is 10.0. The number of hydrogen-bond acceptors (Lipinski definition) is 5. The Balaban J connectivity index is 2.49. The van der Waals surface area contributed by atoms with Crippen LogP contribution < -0.4 is 4.74 Å². The predicted molar refractivity (Wildman–Crippen MR) is 55.1 cm³/mol. The number of nitro groups is 1. The molecule has 16 heavy (non-hydrogen) atoms. The van der Waals surface area contributed by atoms with E-state index in [-0.39, 0.29) is 11.4 Å². The minimum atomic E-state index is -0.497. The quantitative estimate of drug-likeness (QED) is 0.585. The zero-order chi connectivity index (χ0) is 11.5. The average Bonchev–Trinajstić information content (AvgIpc) is 2.81. The van der Waals surface area contributed by atoms with E-state index in [2.05, 4.69) is 4.98 Å². The van der Waals surface area contributed by atoms with Gasteiger partial charge < -0.3 is 9.15 Å². The van der Waals surface area contributed by atoms with Gasteiger partial charge in [0.1, 0.15) is 0 Å². The molecule has 0 saturated carbocycles. The third-order valence-corrected chi connectivity index (χ3v) is 2.09. The highest BCUT2D eigenvalue weighted by Gasteiger charge is 2.15. The van der Waals surface area contributed by atoms with Crippen molar-refractivity contribution < 1.29 is 14.1 Å². The van der Waals surface area contributed by atoms with Gasteiger partial charge in [0.2, 0.25) is 0 Å². The molecule has 1 aromatic carbocycles. The Morgan fingerprint density at radius 2 is 2.31 bits per heavy atom. The van der Waals surface area contributed by atoms with Crippen molar-refractivity contribution in [2.75, 3.05) is 7.11 Å². The SMILES string of the molecule is COc1cc(-c2cnco2)ccc1[N+](=O)[O-]. The summed E-state index contributed by atoms with van der Waals surface area (Å²) in [5.41, 5.74) is 0.603. The molecule has 0 saturated heterocycles. The predicted octanol–water partition coefficient (Wildman–Crippen LogP) is 2.26. The molecule has 2 rings (SSSR count). The van der Waals surface area contributed by atoms with Crippen molar-refractivity contribution in [1.82, 2.24) is 4.98 Å². The van der Waals surface area contributed by atoms with E-state index in [1.807, 2.05) is 0 Å². The van der Waals surface area contributed by atoms with Gasteiger partial charge in [-0.2, -0.15) is 0 Å². The van der Waals surface area contributed by atoms with Crippen LogP contribution in [0.25, 0.3) is 11.3 Å².